The maximum Gasteiger partial charge on any atom is 0.238 e. The molecule has 0 aromatic rings. The third-order valence-electron chi connectivity index (χ3n) is 1.36. The van der Waals surface area contributed by atoms with Crippen LogP contribution in [0.25, 0.3) is 0 Å². The van der Waals surface area contributed by atoms with Gasteiger partial charge in [-0.1, -0.05) is 11.8 Å². The Bertz CT molecular complexity index is 217. The van der Waals surface area contributed by atoms with E-state index in [4.69, 9.17) is 4.52 Å². The standard InChI is InChI=1S/C9H21NO2PS.HI/c1-8(2)12-13(11)9(14-6)7-10(3,4)5;/h8H,7H2,1-6H3;1H/q+1;/p-1. The average molecular weight is 365 g/mol. The Morgan fingerprint density at radius 3 is 2.13 bits per heavy atom. The second-order valence-corrected chi connectivity index (χ2v) is 6.93. The topological polar surface area (TPSA) is 32.3 Å². The van der Waals surface area contributed by atoms with Crippen molar-refractivity contribution >= 4 is 24.4 Å². The normalized spacial score (nSPS) is 13.6. The van der Waals surface area contributed by atoms with Gasteiger partial charge < -0.3 is 33.4 Å². The molecule has 0 aliphatic carbocycles. The van der Waals surface area contributed by atoms with Crippen molar-refractivity contribution in [1.82, 2.24) is 0 Å². The highest BCUT2D eigenvalue weighted by Crippen LogP contribution is 2.24. The smallest absolute Gasteiger partial charge is 0.238 e. The van der Waals surface area contributed by atoms with E-state index in [-0.39, 0.29) is 30.1 Å². The monoisotopic (exact) mass is 365 g/mol. The average Bonchev–Trinajstić information content (AvgIpc) is 1.96. The molecule has 0 heterocycles. The molecule has 0 spiro atoms. The molecular weight excluding hydrogens is 344 g/mol. The van der Waals surface area contributed by atoms with Gasteiger partial charge in [0.2, 0.25) is 12.6 Å². The Morgan fingerprint density at radius 2 is 1.87 bits per heavy atom. The van der Waals surface area contributed by atoms with Gasteiger partial charge in [-0.25, -0.2) is 0 Å². The fourth-order valence-electron chi connectivity index (χ4n) is 0.853. The van der Waals surface area contributed by atoms with Crippen molar-refractivity contribution in [2.24, 2.45) is 0 Å². The van der Waals surface area contributed by atoms with E-state index in [2.05, 4.69) is 21.1 Å². The van der Waals surface area contributed by atoms with Gasteiger partial charge in [0.15, 0.2) is 6.54 Å². The van der Waals surface area contributed by atoms with Crippen LogP contribution < -0.4 is 28.9 Å². The van der Waals surface area contributed by atoms with E-state index in [1.165, 1.54) is 11.8 Å². The summed E-state index contributed by atoms with van der Waals surface area (Å²) in [5, 5.41) is 0. The summed E-state index contributed by atoms with van der Waals surface area (Å²) >= 11 is 1.54. The van der Waals surface area contributed by atoms with Gasteiger partial charge in [-0.3, -0.25) is 0 Å². The fourth-order valence-corrected chi connectivity index (χ4v) is 3.13. The van der Waals surface area contributed by atoms with Crippen LogP contribution in [0.2, 0.25) is 0 Å². The quantitative estimate of drug-likeness (QED) is 0.330. The Hall–Kier alpha value is 1.13. The summed E-state index contributed by atoms with van der Waals surface area (Å²) in [6.07, 6.45) is 1.97. The lowest BCUT2D eigenvalue weighted by atomic mass is 10.5. The lowest BCUT2D eigenvalue weighted by molar-refractivity contribution is -0.860. The van der Waals surface area contributed by atoms with E-state index in [9.17, 15) is 4.89 Å². The first kappa shape index (κ1) is 18.5. The lowest BCUT2D eigenvalue weighted by Crippen LogP contribution is -3.00. The molecule has 0 aromatic carbocycles. The van der Waals surface area contributed by atoms with Gasteiger partial charge in [-0.15, -0.1) is 0 Å². The van der Waals surface area contributed by atoms with Crippen LogP contribution in [0.1, 0.15) is 13.8 Å². The Kier molecular flexibility index (Phi) is 10.2. The zero-order valence-corrected chi connectivity index (χ0v) is 14.2. The first-order valence-electron chi connectivity index (χ1n) is 4.60. The minimum atomic E-state index is -1.63. The summed E-state index contributed by atoms with van der Waals surface area (Å²) < 4.78 is 7.00. The molecular formula is C9H21INO2PS. The zero-order valence-electron chi connectivity index (χ0n) is 10.3. The van der Waals surface area contributed by atoms with Crippen molar-refractivity contribution in [3.63, 3.8) is 0 Å². The number of hydrogen-bond acceptors (Lipinski definition) is 3. The first-order chi connectivity index (χ1) is 6.26. The molecule has 0 saturated heterocycles. The van der Waals surface area contributed by atoms with Crippen LogP contribution in [-0.4, -0.2) is 49.2 Å². The molecule has 6 heteroatoms. The molecule has 0 saturated carbocycles. The summed E-state index contributed by atoms with van der Waals surface area (Å²) in [6.45, 7) is 4.58. The molecule has 0 amide bonds. The highest BCUT2D eigenvalue weighted by atomic mass is 127. The van der Waals surface area contributed by atoms with Crippen LogP contribution in [0.4, 0.5) is 0 Å². The summed E-state index contributed by atoms with van der Waals surface area (Å²) in [7, 11) is 4.60. The third-order valence-corrected chi connectivity index (χ3v) is 4.11. The van der Waals surface area contributed by atoms with Crippen molar-refractivity contribution < 1.29 is 37.9 Å². The SMILES string of the molecule is CSC(C[N+](C)(C)C)=[P+]([O-])OC(C)C.[I-]. The minimum Gasteiger partial charge on any atom is -1.00 e. The molecule has 0 N–H and O–H groups in total. The number of thioether (sulfide) groups is 1. The van der Waals surface area contributed by atoms with Gasteiger partial charge in [-0.05, 0) is 20.1 Å². The van der Waals surface area contributed by atoms with Crippen molar-refractivity contribution in [1.29, 1.82) is 0 Å². The van der Waals surface area contributed by atoms with Gasteiger partial charge in [0.25, 0.3) is 0 Å². The van der Waals surface area contributed by atoms with E-state index in [0.29, 0.717) is 0 Å². The molecule has 0 radical (unpaired) electrons. The van der Waals surface area contributed by atoms with E-state index < -0.39 is 8.00 Å². The molecule has 0 aliphatic heterocycles. The molecule has 0 rings (SSSR count). The molecule has 0 fully saturated rings. The van der Waals surface area contributed by atoms with Crippen molar-refractivity contribution in [3.8, 4) is 0 Å². The third kappa shape index (κ3) is 10.0. The minimum absolute atomic E-state index is 0. The summed E-state index contributed by atoms with van der Waals surface area (Å²) in [6, 6.07) is 0. The molecule has 3 nitrogen and oxygen atoms in total. The van der Waals surface area contributed by atoms with Crippen LogP contribution >= 0.6 is 19.8 Å². The number of quaternary nitrogens is 1. The Balaban J connectivity index is 0. The predicted octanol–water partition coefficient (Wildman–Crippen LogP) is -1.71. The van der Waals surface area contributed by atoms with E-state index in [0.717, 1.165) is 15.7 Å². The highest BCUT2D eigenvalue weighted by molar-refractivity contribution is 8.18. The van der Waals surface area contributed by atoms with Crippen LogP contribution in [-0.2, 0) is 4.52 Å². The Morgan fingerprint density at radius 1 is 1.40 bits per heavy atom. The van der Waals surface area contributed by atoms with Gasteiger partial charge in [0, 0.05) is 0 Å². The van der Waals surface area contributed by atoms with Crippen molar-refractivity contribution in [3.05, 3.63) is 0 Å². The molecule has 0 aromatic heterocycles. The van der Waals surface area contributed by atoms with Gasteiger partial charge in [0.1, 0.15) is 6.10 Å². The maximum absolute atomic E-state index is 11.7. The second-order valence-electron chi connectivity index (χ2n) is 4.46. The van der Waals surface area contributed by atoms with Gasteiger partial charge >= 0.3 is 0 Å². The summed E-state index contributed by atoms with van der Waals surface area (Å²) in [4.78, 5) is 11.7. The van der Waals surface area contributed by atoms with Crippen LogP contribution in [0.15, 0.2) is 0 Å². The lowest BCUT2D eigenvalue weighted by Gasteiger charge is -2.23. The van der Waals surface area contributed by atoms with E-state index in [1.54, 1.807) is 0 Å². The maximum atomic E-state index is 11.7. The van der Waals surface area contributed by atoms with Crippen molar-refractivity contribution in [2.75, 3.05) is 33.9 Å². The molecule has 1 unspecified atom stereocenters. The van der Waals surface area contributed by atoms with E-state index >= 15 is 0 Å². The van der Waals surface area contributed by atoms with Crippen LogP contribution in [0, 0.1) is 0 Å². The molecule has 15 heavy (non-hydrogen) atoms. The van der Waals surface area contributed by atoms with Gasteiger partial charge in [-0.2, -0.15) is 4.52 Å². The number of nitrogens with zero attached hydrogens (tertiary/aromatic N) is 1. The molecule has 0 bridgehead atoms. The number of rotatable bonds is 5. The predicted molar refractivity (Wildman–Crippen MR) is 64.6 cm³/mol. The fraction of sp³-hybridized carbons (Fsp3) is 0.889. The first-order valence-corrected chi connectivity index (χ1v) is 7.01. The van der Waals surface area contributed by atoms with Crippen LogP contribution in [0.3, 0.4) is 0 Å². The summed E-state index contributed by atoms with van der Waals surface area (Å²) in [5.74, 6) is 0. The molecule has 0 aliphatic rings. The largest absolute Gasteiger partial charge is 1.00 e. The zero-order chi connectivity index (χ0) is 11.4. The summed E-state index contributed by atoms with van der Waals surface area (Å²) in [5.41, 5.74) is 0. The highest BCUT2D eigenvalue weighted by Gasteiger charge is 2.20. The van der Waals surface area contributed by atoms with E-state index in [1.807, 2.05) is 20.1 Å². The van der Waals surface area contributed by atoms with Crippen molar-refractivity contribution in [2.45, 2.75) is 20.0 Å². The van der Waals surface area contributed by atoms with Gasteiger partial charge in [0.05, 0.1) is 21.1 Å². The number of halogens is 1. The van der Waals surface area contributed by atoms with Crippen LogP contribution in [0.5, 0.6) is 0 Å². The number of hydrogen-bond donors (Lipinski definition) is 0. The second kappa shape index (κ2) is 8.25. The molecule has 1 atom stereocenters. The Labute approximate surface area is 116 Å². The molecule has 92 valence electrons.